The van der Waals surface area contributed by atoms with Crippen molar-refractivity contribution in [3.63, 3.8) is 0 Å². The van der Waals surface area contributed by atoms with Gasteiger partial charge in [0, 0.05) is 29.4 Å². The summed E-state index contributed by atoms with van der Waals surface area (Å²) in [5.74, 6) is 0.658. The summed E-state index contributed by atoms with van der Waals surface area (Å²) in [7, 11) is -3.28. The van der Waals surface area contributed by atoms with E-state index < -0.39 is 7.67 Å². The van der Waals surface area contributed by atoms with Crippen LogP contribution in [0, 0.1) is 0 Å². The molecule has 7 heteroatoms. The van der Waals surface area contributed by atoms with Crippen molar-refractivity contribution in [3.05, 3.63) is 71.3 Å². The zero-order valence-corrected chi connectivity index (χ0v) is 15.9. The van der Waals surface area contributed by atoms with Crippen LogP contribution in [-0.2, 0) is 13.8 Å². The van der Waals surface area contributed by atoms with Gasteiger partial charge in [-0.25, -0.2) is 4.57 Å². The molecular weight excluding hydrogens is 371 g/mol. The van der Waals surface area contributed by atoms with Crippen LogP contribution in [0.25, 0.3) is 5.76 Å². The topological polar surface area (TPSA) is 42.0 Å². The molecule has 26 heavy (non-hydrogen) atoms. The van der Waals surface area contributed by atoms with Crippen LogP contribution in [0.5, 0.6) is 0 Å². The average molecular weight is 391 g/mol. The molecule has 0 spiro atoms. The van der Waals surface area contributed by atoms with Gasteiger partial charge in [0.15, 0.2) is 0 Å². The van der Waals surface area contributed by atoms with E-state index in [0.717, 1.165) is 11.3 Å². The van der Waals surface area contributed by atoms with Gasteiger partial charge in [-0.15, -0.1) is 0 Å². The lowest BCUT2D eigenvalue weighted by Crippen LogP contribution is -2.41. The lowest BCUT2D eigenvalue weighted by Gasteiger charge is -2.42. The molecule has 0 bridgehead atoms. The fraction of sp³-hybridized carbons (Fsp3) is 0.263. The minimum atomic E-state index is -3.28. The maximum absolute atomic E-state index is 14.1. The summed E-state index contributed by atoms with van der Waals surface area (Å²) < 4.78 is 29.4. The van der Waals surface area contributed by atoms with Crippen LogP contribution in [0.1, 0.15) is 5.56 Å². The monoisotopic (exact) mass is 390 g/mol. The zero-order valence-electron chi connectivity index (χ0n) is 14.3. The van der Waals surface area contributed by atoms with Crippen molar-refractivity contribution in [1.29, 1.82) is 0 Å². The number of anilines is 1. The number of halogens is 1. The fourth-order valence-corrected chi connectivity index (χ4v) is 5.61. The highest BCUT2D eigenvalue weighted by Crippen LogP contribution is 2.60. The molecule has 1 saturated heterocycles. The van der Waals surface area contributed by atoms with Crippen LogP contribution in [0.15, 0.2) is 60.7 Å². The Labute approximate surface area is 158 Å². The molecule has 0 unspecified atom stereocenters. The molecule has 1 fully saturated rings. The van der Waals surface area contributed by atoms with Crippen molar-refractivity contribution in [2.24, 2.45) is 0 Å². The maximum atomic E-state index is 14.1. The summed E-state index contributed by atoms with van der Waals surface area (Å²) in [6, 6.07) is 17.1. The third kappa shape index (κ3) is 3.40. The molecule has 2 aliphatic heterocycles. The van der Waals surface area contributed by atoms with Crippen LogP contribution < -0.4 is 4.67 Å². The summed E-state index contributed by atoms with van der Waals surface area (Å²) in [5, 5.41) is 0.647. The van der Waals surface area contributed by atoms with E-state index in [-0.39, 0.29) is 0 Å². The van der Waals surface area contributed by atoms with Crippen molar-refractivity contribution in [1.82, 2.24) is 4.67 Å². The first kappa shape index (κ1) is 17.6. The standard InChI is InChI=1S/C19H20ClN2O3P/c20-17-6-8-18(9-7-17)22-11-10-19(16-4-2-1-3-5-16)25-26(22,23)21-12-14-24-15-13-21/h1-10H,11-15H2/t26-/m1/s1. The molecule has 2 heterocycles. The number of rotatable bonds is 3. The Hall–Kier alpha value is -1.78. The smallest absolute Gasteiger partial charge is 0.417 e. The normalized spacial score (nSPS) is 24.0. The number of benzene rings is 2. The number of nitrogens with zero attached hydrogens (tertiary/aromatic N) is 2. The summed E-state index contributed by atoms with van der Waals surface area (Å²) in [5.41, 5.74) is 1.75. The highest BCUT2D eigenvalue weighted by molar-refractivity contribution is 7.58. The van der Waals surface area contributed by atoms with E-state index in [1.807, 2.05) is 57.9 Å². The summed E-state index contributed by atoms with van der Waals surface area (Å²) in [6.45, 7) is 2.74. The molecule has 2 aliphatic rings. The van der Waals surface area contributed by atoms with Gasteiger partial charge in [0.2, 0.25) is 0 Å². The van der Waals surface area contributed by atoms with Gasteiger partial charge < -0.3 is 9.26 Å². The Morgan fingerprint density at radius 3 is 2.35 bits per heavy atom. The number of morpholine rings is 1. The molecular formula is C19H20ClN2O3P. The lowest BCUT2D eigenvalue weighted by atomic mass is 10.2. The zero-order chi connectivity index (χ0) is 18.0. The van der Waals surface area contributed by atoms with Crippen molar-refractivity contribution in [3.8, 4) is 0 Å². The molecule has 0 aliphatic carbocycles. The second-order valence-corrected chi connectivity index (χ2v) is 8.79. The third-order valence-electron chi connectivity index (χ3n) is 4.50. The van der Waals surface area contributed by atoms with Gasteiger partial charge in [0.25, 0.3) is 0 Å². The molecule has 2 aromatic rings. The van der Waals surface area contributed by atoms with Gasteiger partial charge in [-0.2, -0.15) is 4.67 Å². The SMILES string of the molecule is O=[P@]1(N2CCOCC2)OC(c2ccccc2)=CCN1c1ccc(Cl)cc1. The van der Waals surface area contributed by atoms with Gasteiger partial charge in [-0.05, 0) is 30.3 Å². The van der Waals surface area contributed by atoms with Crippen LogP contribution in [-0.4, -0.2) is 37.5 Å². The number of hydrogen-bond acceptors (Lipinski definition) is 3. The summed E-state index contributed by atoms with van der Waals surface area (Å²) in [6.07, 6.45) is 1.97. The summed E-state index contributed by atoms with van der Waals surface area (Å²) >= 11 is 6.02. The number of ether oxygens (including phenoxy) is 1. The third-order valence-corrected chi connectivity index (χ3v) is 7.31. The Kier molecular flexibility index (Phi) is 5.05. The maximum Gasteiger partial charge on any atom is 0.422 e. The lowest BCUT2D eigenvalue weighted by molar-refractivity contribution is 0.0672. The van der Waals surface area contributed by atoms with Crippen LogP contribution in [0.3, 0.4) is 0 Å². The molecule has 0 saturated carbocycles. The molecule has 0 amide bonds. The molecule has 4 rings (SSSR count). The van der Waals surface area contributed by atoms with E-state index in [0.29, 0.717) is 43.6 Å². The highest BCUT2D eigenvalue weighted by Gasteiger charge is 2.43. The minimum Gasteiger partial charge on any atom is -0.417 e. The quantitative estimate of drug-likeness (QED) is 0.713. The van der Waals surface area contributed by atoms with Crippen molar-refractivity contribution < 1.29 is 13.8 Å². The van der Waals surface area contributed by atoms with Crippen LogP contribution in [0.4, 0.5) is 5.69 Å². The van der Waals surface area contributed by atoms with Gasteiger partial charge in [0.1, 0.15) is 5.76 Å². The molecule has 0 N–H and O–H groups in total. The van der Waals surface area contributed by atoms with Gasteiger partial charge >= 0.3 is 7.67 Å². The Balaban J connectivity index is 1.72. The van der Waals surface area contributed by atoms with Crippen molar-refractivity contribution in [2.75, 3.05) is 37.5 Å². The average Bonchev–Trinajstić information content (AvgIpc) is 2.70. The van der Waals surface area contributed by atoms with Gasteiger partial charge in [-0.3, -0.25) is 4.67 Å². The summed E-state index contributed by atoms with van der Waals surface area (Å²) in [4.78, 5) is 0. The van der Waals surface area contributed by atoms with Gasteiger partial charge in [-0.1, -0.05) is 41.9 Å². The van der Waals surface area contributed by atoms with Crippen LogP contribution in [0.2, 0.25) is 5.02 Å². The molecule has 0 aromatic heterocycles. The van der Waals surface area contributed by atoms with Gasteiger partial charge in [0.05, 0.1) is 19.8 Å². The Morgan fingerprint density at radius 1 is 0.962 bits per heavy atom. The largest absolute Gasteiger partial charge is 0.422 e. The van der Waals surface area contributed by atoms with Crippen LogP contribution >= 0.6 is 19.3 Å². The number of hydrogen-bond donors (Lipinski definition) is 0. The second kappa shape index (κ2) is 7.45. The predicted molar refractivity (Wildman–Crippen MR) is 104 cm³/mol. The molecule has 136 valence electrons. The predicted octanol–water partition coefficient (Wildman–Crippen LogP) is 4.66. The van der Waals surface area contributed by atoms with E-state index in [1.165, 1.54) is 0 Å². The van der Waals surface area contributed by atoms with Crippen molar-refractivity contribution >= 4 is 30.7 Å². The first-order valence-corrected chi connectivity index (χ1v) is 10.5. The van der Waals surface area contributed by atoms with E-state index >= 15 is 0 Å². The molecule has 2 aromatic carbocycles. The molecule has 1 atom stereocenters. The van der Waals surface area contributed by atoms with E-state index in [2.05, 4.69) is 0 Å². The second-order valence-electron chi connectivity index (χ2n) is 6.14. The molecule has 0 radical (unpaired) electrons. The van der Waals surface area contributed by atoms with E-state index in [1.54, 1.807) is 12.1 Å². The highest BCUT2D eigenvalue weighted by atomic mass is 35.5. The Morgan fingerprint density at radius 2 is 1.65 bits per heavy atom. The van der Waals surface area contributed by atoms with E-state index in [9.17, 15) is 4.57 Å². The fourth-order valence-electron chi connectivity index (χ4n) is 3.14. The molecule has 5 nitrogen and oxygen atoms in total. The first-order chi connectivity index (χ1) is 12.7. The Bertz CT molecular complexity index is 836. The first-order valence-electron chi connectivity index (χ1n) is 8.59. The van der Waals surface area contributed by atoms with E-state index in [4.69, 9.17) is 20.9 Å². The van der Waals surface area contributed by atoms with Crippen molar-refractivity contribution in [2.45, 2.75) is 0 Å². The minimum absolute atomic E-state index is 0.500.